The van der Waals surface area contributed by atoms with Crippen LogP contribution in [-0.4, -0.2) is 26.1 Å². The van der Waals surface area contributed by atoms with E-state index in [1.54, 1.807) is 18.3 Å². The molecule has 1 amide bonds. The fraction of sp³-hybridized carbons (Fsp3) is 0. The average molecular weight is 274 g/mol. The summed E-state index contributed by atoms with van der Waals surface area (Å²) >= 11 is 6.10. The number of nitrogens with zero attached hydrogens (tertiary/aromatic N) is 3. The van der Waals surface area contributed by atoms with E-state index in [-0.39, 0.29) is 11.6 Å². The minimum Gasteiger partial charge on any atom is -0.319 e. The summed E-state index contributed by atoms with van der Waals surface area (Å²) in [5.41, 5.74) is 1.60. The van der Waals surface area contributed by atoms with E-state index in [2.05, 4.69) is 25.5 Å². The van der Waals surface area contributed by atoms with Gasteiger partial charge < -0.3 is 5.32 Å². The second-order valence-electron chi connectivity index (χ2n) is 3.84. The predicted octanol–water partition coefficient (Wildman–Crippen LogP) is 2.26. The van der Waals surface area contributed by atoms with Gasteiger partial charge in [0, 0.05) is 11.6 Å². The molecule has 0 atom stereocenters. The summed E-state index contributed by atoms with van der Waals surface area (Å²) < 4.78 is 0. The Balaban J connectivity index is 1.92. The van der Waals surface area contributed by atoms with Gasteiger partial charge in [-0.2, -0.15) is 5.10 Å². The molecule has 2 heterocycles. The Labute approximate surface area is 112 Å². The Morgan fingerprint density at radius 2 is 2.26 bits per heavy atom. The second-order valence-corrected chi connectivity index (χ2v) is 4.25. The van der Waals surface area contributed by atoms with Crippen LogP contribution < -0.4 is 5.32 Å². The van der Waals surface area contributed by atoms with Crippen LogP contribution in [0.5, 0.6) is 0 Å². The molecule has 94 valence electrons. The van der Waals surface area contributed by atoms with Crippen LogP contribution in [0, 0.1) is 0 Å². The molecule has 0 unspecified atom stereocenters. The number of carbonyl (C=O) groups is 1. The number of rotatable bonds is 2. The van der Waals surface area contributed by atoms with Crippen LogP contribution in [0.1, 0.15) is 10.5 Å². The van der Waals surface area contributed by atoms with E-state index in [4.69, 9.17) is 11.6 Å². The predicted molar refractivity (Wildman–Crippen MR) is 71.1 cm³/mol. The topological polar surface area (TPSA) is 83.6 Å². The van der Waals surface area contributed by atoms with Crippen molar-refractivity contribution in [2.75, 3.05) is 5.32 Å². The van der Waals surface area contributed by atoms with Crippen molar-refractivity contribution in [3.63, 3.8) is 0 Å². The smallest absolute Gasteiger partial charge is 0.274 e. The number of hydrogen-bond acceptors (Lipinski definition) is 4. The van der Waals surface area contributed by atoms with Gasteiger partial charge in [-0.25, -0.2) is 9.97 Å². The van der Waals surface area contributed by atoms with Gasteiger partial charge in [-0.3, -0.25) is 9.89 Å². The lowest BCUT2D eigenvalue weighted by atomic mass is 10.2. The maximum atomic E-state index is 12.0. The quantitative estimate of drug-likeness (QED) is 0.750. The van der Waals surface area contributed by atoms with E-state index < -0.39 is 0 Å². The van der Waals surface area contributed by atoms with Gasteiger partial charge in [0.1, 0.15) is 12.0 Å². The molecule has 2 N–H and O–H groups in total. The van der Waals surface area contributed by atoms with Crippen molar-refractivity contribution >= 4 is 34.1 Å². The van der Waals surface area contributed by atoms with Gasteiger partial charge in [-0.1, -0.05) is 11.6 Å². The molecule has 6 nitrogen and oxygen atoms in total. The lowest BCUT2D eigenvalue weighted by molar-refractivity contribution is 0.102. The highest BCUT2D eigenvalue weighted by Crippen LogP contribution is 2.27. The van der Waals surface area contributed by atoms with Gasteiger partial charge in [0.15, 0.2) is 0 Å². The molecule has 0 saturated heterocycles. The van der Waals surface area contributed by atoms with E-state index in [0.29, 0.717) is 10.7 Å². The molecular weight excluding hydrogens is 266 g/mol. The van der Waals surface area contributed by atoms with Crippen LogP contribution in [0.25, 0.3) is 10.9 Å². The van der Waals surface area contributed by atoms with Crippen LogP contribution in [0.4, 0.5) is 5.69 Å². The highest BCUT2D eigenvalue weighted by Gasteiger charge is 2.10. The number of nitrogens with one attached hydrogen (secondary N) is 2. The molecule has 0 spiro atoms. The molecule has 2 aromatic heterocycles. The third-order valence-electron chi connectivity index (χ3n) is 2.59. The van der Waals surface area contributed by atoms with E-state index in [9.17, 15) is 4.79 Å². The number of hydrogen-bond donors (Lipinski definition) is 2. The first-order valence-corrected chi connectivity index (χ1v) is 5.82. The highest BCUT2D eigenvalue weighted by atomic mass is 35.5. The van der Waals surface area contributed by atoms with Crippen LogP contribution in [0.15, 0.2) is 36.9 Å². The van der Waals surface area contributed by atoms with Gasteiger partial charge in [0.25, 0.3) is 5.91 Å². The maximum Gasteiger partial charge on any atom is 0.274 e. The molecular formula is C12H8ClN5O. The van der Waals surface area contributed by atoms with Gasteiger partial charge in [-0.05, 0) is 18.2 Å². The summed E-state index contributed by atoms with van der Waals surface area (Å²) in [6.07, 6.45) is 4.48. The van der Waals surface area contributed by atoms with Gasteiger partial charge in [-0.15, -0.1) is 0 Å². The summed E-state index contributed by atoms with van der Waals surface area (Å²) in [4.78, 5) is 19.6. The number of carbonyl (C=O) groups excluding carboxylic acids is 1. The molecule has 0 fully saturated rings. The van der Waals surface area contributed by atoms with Crippen molar-refractivity contribution < 1.29 is 4.79 Å². The number of amides is 1. The molecule has 0 bridgehead atoms. The molecule has 0 aliphatic heterocycles. The average Bonchev–Trinajstić information content (AvgIpc) is 2.87. The largest absolute Gasteiger partial charge is 0.319 e. The molecule has 0 saturated carbocycles. The summed E-state index contributed by atoms with van der Waals surface area (Å²) in [5.74, 6) is -0.341. The normalized spacial score (nSPS) is 10.6. The third-order valence-corrected chi connectivity index (χ3v) is 2.90. The van der Waals surface area contributed by atoms with E-state index in [1.165, 1.54) is 18.6 Å². The molecule has 7 heteroatoms. The van der Waals surface area contributed by atoms with Gasteiger partial charge in [0.2, 0.25) is 0 Å². The first-order chi connectivity index (χ1) is 9.24. The summed E-state index contributed by atoms with van der Waals surface area (Å²) in [6.45, 7) is 0. The number of fused-ring (bicyclic) bond motifs is 1. The van der Waals surface area contributed by atoms with Crippen molar-refractivity contribution in [3.05, 3.63) is 47.6 Å². The van der Waals surface area contributed by atoms with E-state index >= 15 is 0 Å². The number of aromatic nitrogens is 4. The van der Waals surface area contributed by atoms with Crippen molar-refractivity contribution in [1.29, 1.82) is 0 Å². The van der Waals surface area contributed by atoms with Crippen molar-refractivity contribution in [2.24, 2.45) is 0 Å². The molecule has 0 radical (unpaired) electrons. The number of anilines is 1. The molecule has 1 aromatic carbocycles. The van der Waals surface area contributed by atoms with E-state index in [0.717, 1.165) is 10.9 Å². The number of H-pyrrole nitrogens is 1. The van der Waals surface area contributed by atoms with Crippen molar-refractivity contribution in [3.8, 4) is 0 Å². The zero-order valence-corrected chi connectivity index (χ0v) is 10.3. The monoisotopic (exact) mass is 273 g/mol. The zero-order valence-electron chi connectivity index (χ0n) is 9.59. The summed E-state index contributed by atoms with van der Waals surface area (Å²) in [5, 5.41) is 10.7. The lowest BCUT2D eigenvalue weighted by Gasteiger charge is -2.06. The number of benzene rings is 1. The molecule has 0 aliphatic carbocycles. The molecule has 3 rings (SSSR count). The van der Waals surface area contributed by atoms with Crippen LogP contribution in [0.3, 0.4) is 0 Å². The SMILES string of the molecule is O=C(Nc1cc2cn[nH]c2cc1Cl)c1ccncn1. The third kappa shape index (κ3) is 2.25. The van der Waals surface area contributed by atoms with Crippen molar-refractivity contribution in [1.82, 2.24) is 20.2 Å². The Morgan fingerprint density at radius 1 is 1.37 bits per heavy atom. The minimum atomic E-state index is -0.341. The van der Waals surface area contributed by atoms with Crippen LogP contribution in [0.2, 0.25) is 5.02 Å². The fourth-order valence-electron chi connectivity index (χ4n) is 1.67. The summed E-state index contributed by atoms with van der Waals surface area (Å²) in [7, 11) is 0. The second kappa shape index (κ2) is 4.66. The lowest BCUT2D eigenvalue weighted by Crippen LogP contribution is -2.13. The van der Waals surface area contributed by atoms with Crippen LogP contribution >= 0.6 is 11.6 Å². The molecule has 3 aromatic rings. The van der Waals surface area contributed by atoms with Crippen LogP contribution in [-0.2, 0) is 0 Å². The van der Waals surface area contributed by atoms with E-state index in [1.807, 2.05) is 0 Å². The standard InChI is InChI=1S/C12H8ClN5O/c13-8-4-10-7(5-16-18-10)3-11(8)17-12(19)9-1-2-14-6-15-9/h1-6H,(H,16,18)(H,17,19). The Morgan fingerprint density at radius 3 is 3.05 bits per heavy atom. The highest BCUT2D eigenvalue weighted by molar-refractivity contribution is 6.34. The Hall–Kier alpha value is -2.47. The van der Waals surface area contributed by atoms with Crippen molar-refractivity contribution in [2.45, 2.75) is 0 Å². The van der Waals surface area contributed by atoms with Gasteiger partial charge >= 0.3 is 0 Å². The Bertz CT molecular complexity index is 740. The Kier molecular flexibility index (Phi) is 2.85. The molecule has 0 aliphatic rings. The first kappa shape index (κ1) is 11.6. The maximum absolute atomic E-state index is 12.0. The zero-order chi connectivity index (χ0) is 13.2. The fourth-order valence-corrected chi connectivity index (χ4v) is 1.88. The number of aromatic amines is 1. The summed E-state index contributed by atoms with van der Waals surface area (Å²) in [6, 6.07) is 4.99. The number of halogens is 1. The molecule has 19 heavy (non-hydrogen) atoms. The minimum absolute atomic E-state index is 0.276. The first-order valence-electron chi connectivity index (χ1n) is 5.44. The van der Waals surface area contributed by atoms with Gasteiger partial charge in [0.05, 0.1) is 22.4 Å².